The molecule has 1 N–H and O–H groups in total. The summed E-state index contributed by atoms with van der Waals surface area (Å²) in [6.07, 6.45) is 3.20. The van der Waals surface area contributed by atoms with Crippen molar-refractivity contribution in [2.24, 2.45) is 0 Å². The van der Waals surface area contributed by atoms with Gasteiger partial charge in [-0.15, -0.1) is 0 Å². The molecule has 0 amide bonds. The topological polar surface area (TPSA) is 64.6 Å². The molecule has 1 atom stereocenters. The largest absolute Gasteiger partial charge is 0.469 e. The summed E-state index contributed by atoms with van der Waals surface area (Å²) in [5.74, 6) is -0.847. The second-order valence-electron chi connectivity index (χ2n) is 3.52. The Labute approximate surface area is 96.5 Å². The standard InChI is InChI=1S/C11H21NO4/c1-4-5-6-7-12-9(11(14)16-3)8-10(13)15-2/h9,12H,4-8H2,1-3H3. The number of carbonyl (C=O) groups excluding carboxylic acids is 2. The number of rotatable bonds is 8. The van der Waals surface area contributed by atoms with Gasteiger partial charge in [0, 0.05) is 0 Å². The highest BCUT2D eigenvalue weighted by Gasteiger charge is 2.22. The Bertz CT molecular complexity index is 218. The van der Waals surface area contributed by atoms with Gasteiger partial charge < -0.3 is 14.8 Å². The van der Waals surface area contributed by atoms with E-state index in [1.54, 1.807) is 0 Å². The first-order valence-electron chi connectivity index (χ1n) is 5.53. The maximum absolute atomic E-state index is 11.3. The molecule has 0 rings (SSSR count). The molecule has 0 bridgehead atoms. The Balaban J connectivity index is 4.00. The van der Waals surface area contributed by atoms with E-state index in [1.165, 1.54) is 14.2 Å². The third-order valence-electron chi connectivity index (χ3n) is 2.26. The molecule has 0 aromatic carbocycles. The number of nitrogens with one attached hydrogen (secondary N) is 1. The smallest absolute Gasteiger partial charge is 0.323 e. The minimum Gasteiger partial charge on any atom is -0.469 e. The molecule has 0 spiro atoms. The number of hydrogen-bond acceptors (Lipinski definition) is 5. The van der Waals surface area contributed by atoms with Crippen LogP contribution in [0.15, 0.2) is 0 Å². The van der Waals surface area contributed by atoms with E-state index in [0.717, 1.165) is 19.3 Å². The van der Waals surface area contributed by atoms with Crippen molar-refractivity contribution in [1.29, 1.82) is 0 Å². The summed E-state index contributed by atoms with van der Waals surface area (Å²) in [6, 6.07) is -0.602. The lowest BCUT2D eigenvalue weighted by atomic mass is 10.2. The third kappa shape index (κ3) is 6.40. The monoisotopic (exact) mass is 231 g/mol. The van der Waals surface area contributed by atoms with Gasteiger partial charge in [0.25, 0.3) is 0 Å². The van der Waals surface area contributed by atoms with Crippen molar-refractivity contribution >= 4 is 11.9 Å². The third-order valence-corrected chi connectivity index (χ3v) is 2.26. The van der Waals surface area contributed by atoms with E-state index in [-0.39, 0.29) is 6.42 Å². The molecule has 1 unspecified atom stereocenters. The Morgan fingerprint density at radius 2 is 1.88 bits per heavy atom. The van der Waals surface area contributed by atoms with E-state index in [9.17, 15) is 9.59 Å². The molecule has 16 heavy (non-hydrogen) atoms. The second kappa shape index (κ2) is 9.15. The van der Waals surface area contributed by atoms with Crippen LogP contribution in [0.1, 0.15) is 32.6 Å². The first kappa shape index (κ1) is 14.9. The van der Waals surface area contributed by atoms with Crippen molar-refractivity contribution in [2.45, 2.75) is 38.6 Å². The van der Waals surface area contributed by atoms with Crippen LogP contribution in [0.25, 0.3) is 0 Å². The number of ether oxygens (including phenoxy) is 2. The summed E-state index contributed by atoms with van der Waals surface area (Å²) < 4.78 is 9.12. The molecule has 0 fully saturated rings. The van der Waals surface area contributed by atoms with Crippen LogP contribution in [0.4, 0.5) is 0 Å². The minimum atomic E-state index is -0.602. The van der Waals surface area contributed by atoms with E-state index in [1.807, 2.05) is 0 Å². The number of hydrogen-bond donors (Lipinski definition) is 1. The maximum Gasteiger partial charge on any atom is 0.323 e. The zero-order valence-corrected chi connectivity index (χ0v) is 10.2. The molecule has 0 aliphatic carbocycles. The van der Waals surface area contributed by atoms with E-state index in [4.69, 9.17) is 0 Å². The highest BCUT2D eigenvalue weighted by Crippen LogP contribution is 1.99. The van der Waals surface area contributed by atoms with Gasteiger partial charge in [-0.05, 0) is 13.0 Å². The molecule has 0 saturated heterocycles. The fourth-order valence-corrected chi connectivity index (χ4v) is 1.28. The van der Waals surface area contributed by atoms with Crippen molar-refractivity contribution in [3.8, 4) is 0 Å². The fraction of sp³-hybridized carbons (Fsp3) is 0.818. The minimum absolute atomic E-state index is 0.00922. The Kier molecular flexibility index (Phi) is 8.52. The average Bonchev–Trinajstić information content (AvgIpc) is 2.31. The molecule has 0 aliphatic rings. The van der Waals surface area contributed by atoms with Crippen LogP contribution in [0.2, 0.25) is 0 Å². The lowest BCUT2D eigenvalue weighted by Gasteiger charge is -2.14. The normalized spacial score (nSPS) is 11.9. The van der Waals surface area contributed by atoms with Crippen molar-refractivity contribution < 1.29 is 19.1 Å². The quantitative estimate of drug-likeness (QED) is 0.496. The predicted molar refractivity (Wildman–Crippen MR) is 60.0 cm³/mol. The summed E-state index contributed by atoms with van der Waals surface area (Å²) >= 11 is 0. The Morgan fingerprint density at radius 3 is 2.38 bits per heavy atom. The van der Waals surface area contributed by atoms with E-state index in [2.05, 4.69) is 21.7 Å². The molecule has 0 heterocycles. The summed E-state index contributed by atoms with van der Waals surface area (Å²) in [5.41, 5.74) is 0. The molecule has 94 valence electrons. The van der Waals surface area contributed by atoms with Gasteiger partial charge in [0.15, 0.2) is 0 Å². The van der Waals surface area contributed by atoms with E-state index >= 15 is 0 Å². The number of esters is 2. The van der Waals surface area contributed by atoms with E-state index < -0.39 is 18.0 Å². The van der Waals surface area contributed by atoms with E-state index in [0.29, 0.717) is 6.54 Å². The van der Waals surface area contributed by atoms with Crippen LogP contribution < -0.4 is 5.32 Å². The van der Waals surface area contributed by atoms with Crippen molar-refractivity contribution in [1.82, 2.24) is 5.32 Å². The molecule has 0 aromatic heterocycles. The number of carbonyl (C=O) groups is 2. The molecule has 0 saturated carbocycles. The Hall–Kier alpha value is -1.10. The molecular weight excluding hydrogens is 210 g/mol. The summed E-state index contributed by atoms with van der Waals surface area (Å²) in [4.78, 5) is 22.4. The molecule has 0 radical (unpaired) electrons. The van der Waals surface area contributed by atoms with Crippen molar-refractivity contribution in [2.75, 3.05) is 20.8 Å². The lowest BCUT2D eigenvalue weighted by Crippen LogP contribution is -2.40. The van der Waals surface area contributed by atoms with Gasteiger partial charge in [-0.1, -0.05) is 19.8 Å². The molecular formula is C11H21NO4. The molecule has 5 nitrogen and oxygen atoms in total. The van der Waals surface area contributed by atoms with Crippen LogP contribution in [0.5, 0.6) is 0 Å². The fourth-order valence-electron chi connectivity index (χ4n) is 1.28. The molecule has 0 aromatic rings. The number of methoxy groups -OCH3 is 2. The van der Waals surface area contributed by atoms with Crippen LogP contribution in [0.3, 0.4) is 0 Å². The summed E-state index contributed by atoms with van der Waals surface area (Å²) in [7, 11) is 2.61. The average molecular weight is 231 g/mol. The highest BCUT2D eigenvalue weighted by atomic mass is 16.5. The van der Waals surface area contributed by atoms with Crippen LogP contribution in [0, 0.1) is 0 Å². The van der Waals surface area contributed by atoms with Gasteiger partial charge in [0.1, 0.15) is 6.04 Å². The van der Waals surface area contributed by atoms with Gasteiger partial charge >= 0.3 is 11.9 Å². The summed E-state index contributed by atoms with van der Waals surface area (Å²) in [5, 5.41) is 3.00. The maximum atomic E-state index is 11.3. The van der Waals surface area contributed by atoms with Gasteiger partial charge in [-0.2, -0.15) is 0 Å². The molecule has 5 heteroatoms. The predicted octanol–water partition coefficient (Wildman–Crippen LogP) is 0.871. The Morgan fingerprint density at radius 1 is 1.19 bits per heavy atom. The van der Waals surface area contributed by atoms with Gasteiger partial charge in [0.05, 0.1) is 20.6 Å². The van der Waals surface area contributed by atoms with Crippen LogP contribution in [-0.4, -0.2) is 38.7 Å². The highest BCUT2D eigenvalue weighted by molar-refractivity contribution is 5.82. The first-order chi connectivity index (χ1) is 7.65. The van der Waals surface area contributed by atoms with Crippen molar-refractivity contribution in [3.05, 3.63) is 0 Å². The van der Waals surface area contributed by atoms with Crippen molar-refractivity contribution in [3.63, 3.8) is 0 Å². The van der Waals surface area contributed by atoms with Gasteiger partial charge in [0.2, 0.25) is 0 Å². The zero-order valence-electron chi connectivity index (χ0n) is 10.2. The molecule has 0 aliphatic heterocycles. The van der Waals surface area contributed by atoms with Crippen LogP contribution in [-0.2, 0) is 19.1 Å². The lowest BCUT2D eigenvalue weighted by molar-refractivity contribution is -0.149. The first-order valence-corrected chi connectivity index (χ1v) is 5.53. The van der Waals surface area contributed by atoms with Gasteiger partial charge in [-0.3, -0.25) is 9.59 Å². The zero-order chi connectivity index (χ0) is 12.4. The van der Waals surface area contributed by atoms with Crippen LogP contribution >= 0.6 is 0 Å². The SMILES string of the molecule is CCCCCNC(CC(=O)OC)C(=O)OC. The number of unbranched alkanes of at least 4 members (excludes halogenated alkanes) is 2. The van der Waals surface area contributed by atoms with Gasteiger partial charge in [-0.25, -0.2) is 0 Å². The summed E-state index contributed by atoms with van der Waals surface area (Å²) in [6.45, 7) is 2.80. The second-order valence-corrected chi connectivity index (χ2v) is 3.52.